The SMILES string of the molecule is CS(=O)(=O)O.Clc1ccc2c(c1)C(N1CCN3CCCC3C1)Cc1ccccc1S2. The van der Waals surface area contributed by atoms with Crippen LogP contribution in [0.15, 0.2) is 52.3 Å². The molecule has 0 aliphatic carbocycles. The zero-order valence-corrected chi connectivity index (χ0v) is 19.4. The third-order valence-corrected chi connectivity index (χ3v) is 7.44. The van der Waals surface area contributed by atoms with Crippen molar-refractivity contribution in [2.75, 3.05) is 32.4 Å². The minimum Gasteiger partial charge on any atom is -0.298 e. The fourth-order valence-corrected chi connectivity index (χ4v) is 6.00. The smallest absolute Gasteiger partial charge is 0.261 e. The van der Waals surface area contributed by atoms with Gasteiger partial charge < -0.3 is 0 Å². The third kappa shape index (κ3) is 5.39. The first-order valence-electron chi connectivity index (χ1n) is 10.2. The summed E-state index contributed by atoms with van der Waals surface area (Å²) in [6.07, 6.45) is 4.53. The number of fused-ring (bicyclic) bond motifs is 3. The van der Waals surface area contributed by atoms with E-state index < -0.39 is 10.1 Å². The Morgan fingerprint density at radius 1 is 1.07 bits per heavy atom. The second kappa shape index (κ2) is 9.18. The molecule has 0 amide bonds. The van der Waals surface area contributed by atoms with Crippen molar-refractivity contribution >= 4 is 33.5 Å². The van der Waals surface area contributed by atoms with Gasteiger partial charge in [-0.15, -0.1) is 0 Å². The van der Waals surface area contributed by atoms with Crippen LogP contribution in [0.25, 0.3) is 0 Å². The molecule has 0 bridgehead atoms. The van der Waals surface area contributed by atoms with Crippen molar-refractivity contribution in [2.45, 2.75) is 41.1 Å². The van der Waals surface area contributed by atoms with E-state index in [0.717, 1.165) is 17.5 Å². The molecular weight excluding hydrogens is 440 g/mol. The minimum absolute atomic E-state index is 0.438. The van der Waals surface area contributed by atoms with E-state index >= 15 is 0 Å². The molecule has 0 aromatic heterocycles. The first-order chi connectivity index (χ1) is 14.3. The van der Waals surface area contributed by atoms with Crippen LogP contribution in [0.1, 0.15) is 30.0 Å². The summed E-state index contributed by atoms with van der Waals surface area (Å²) in [6, 6.07) is 16.5. The van der Waals surface area contributed by atoms with Gasteiger partial charge in [-0.1, -0.05) is 41.6 Å². The molecule has 0 radical (unpaired) electrons. The molecule has 5 nitrogen and oxygen atoms in total. The van der Waals surface area contributed by atoms with Crippen LogP contribution in [0, 0.1) is 0 Å². The molecule has 2 atom stereocenters. The Morgan fingerprint density at radius 3 is 2.60 bits per heavy atom. The highest BCUT2D eigenvalue weighted by molar-refractivity contribution is 7.99. The van der Waals surface area contributed by atoms with E-state index in [1.807, 2.05) is 17.8 Å². The van der Waals surface area contributed by atoms with Gasteiger partial charge in [0.05, 0.1) is 6.26 Å². The molecule has 2 aromatic carbocycles. The van der Waals surface area contributed by atoms with Crippen LogP contribution < -0.4 is 0 Å². The van der Waals surface area contributed by atoms with E-state index in [1.165, 1.54) is 59.9 Å². The molecule has 5 rings (SSSR count). The second-order valence-electron chi connectivity index (χ2n) is 8.17. The molecule has 2 unspecified atom stereocenters. The lowest BCUT2D eigenvalue weighted by molar-refractivity contribution is 0.0701. The Kier molecular flexibility index (Phi) is 6.77. The highest BCUT2D eigenvalue weighted by atomic mass is 35.5. The quantitative estimate of drug-likeness (QED) is 0.629. The molecular formula is C22H27ClN2O3S2. The summed E-state index contributed by atoms with van der Waals surface area (Å²) in [6.45, 7) is 4.87. The molecule has 3 aliphatic heterocycles. The normalized spacial score (nSPS) is 24.1. The number of hydrogen-bond donors (Lipinski definition) is 1. The maximum absolute atomic E-state index is 9.19. The Hall–Kier alpha value is -1.09. The number of rotatable bonds is 1. The van der Waals surface area contributed by atoms with Crippen LogP contribution in [0.2, 0.25) is 5.02 Å². The Balaban J connectivity index is 0.000000393. The summed E-state index contributed by atoms with van der Waals surface area (Å²) < 4.78 is 25.9. The highest BCUT2D eigenvalue weighted by Crippen LogP contribution is 2.44. The van der Waals surface area contributed by atoms with E-state index in [-0.39, 0.29) is 0 Å². The zero-order chi connectivity index (χ0) is 21.3. The fraction of sp³-hybridized carbons (Fsp3) is 0.455. The van der Waals surface area contributed by atoms with Gasteiger partial charge in [-0.25, -0.2) is 0 Å². The van der Waals surface area contributed by atoms with Crippen LogP contribution in [-0.4, -0.2) is 61.2 Å². The van der Waals surface area contributed by atoms with Gasteiger partial charge >= 0.3 is 0 Å². The van der Waals surface area contributed by atoms with E-state index in [4.69, 9.17) is 16.2 Å². The van der Waals surface area contributed by atoms with Crippen molar-refractivity contribution in [2.24, 2.45) is 0 Å². The summed E-state index contributed by atoms with van der Waals surface area (Å²) >= 11 is 8.30. The van der Waals surface area contributed by atoms with E-state index in [0.29, 0.717) is 12.3 Å². The fourth-order valence-electron chi connectivity index (χ4n) is 4.71. The van der Waals surface area contributed by atoms with Crippen molar-refractivity contribution in [3.05, 3.63) is 58.6 Å². The number of benzene rings is 2. The van der Waals surface area contributed by atoms with Crippen molar-refractivity contribution in [3.63, 3.8) is 0 Å². The Morgan fingerprint density at radius 2 is 1.80 bits per heavy atom. The van der Waals surface area contributed by atoms with Crippen LogP contribution in [0.3, 0.4) is 0 Å². The molecule has 0 saturated carbocycles. The van der Waals surface area contributed by atoms with Gasteiger partial charge in [0, 0.05) is 46.5 Å². The van der Waals surface area contributed by atoms with Crippen LogP contribution in [0.5, 0.6) is 0 Å². The standard InChI is InChI=1S/C21H23ClN2S.CH4O3S/c22-16-7-8-21-18(13-16)19(12-15-4-1-2-6-20(15)25-21)24-11-10-23-9-3-5-17(23)14-24;1-5(2,3)4/h1-2,4,6-8,13,17,19H,3,5,9-12,14H2;1H3,(H,2,3,4). The number of hydrogen-bond acceptors (Lipinski definition) is 5. The number of piperazine rings is 1. The average molecular weight is 467 g/mol. The van der Waals surface area contributed by atoms with Gasteiger partial charge in [-0.05, 0) is 61.2 Å². The molecule has 2 aromatic rings. The molecule has 2 saturated heterocycles. The van der Waals surface area contributed by atoms with E-state index in [2.05, 4.69) is 46.2 Å². The molecule has 162 valence electrons. The van der Waals surface area contributed by atoms with Gasteiger partial charge in [0.25, 0.3) is 10.1 Å². The molecule has 8 heteroatoms. The predicted octanol–water partition coefficient (Wildman–Crippen LogP) is 4.37. The van der Waals surface area contributed by atoms with Gasteiger partial charge in [-0.2, -0.15) is 8.42 Å². The molecule has 1 N–H and O–H groups in total. The molecule has 3 aliphatic rings. The monoisotopic (exact) mass is 466 g/mol. The summed E-state index contributed by atoms with van der Waals surface area (Å²) in [4.78, 5) is 8.18. The van der Waals surface area contributed by atoms with Gasteiger partial charge in [0.1, 0.15) is 0 Å². The van der Waals surface area contributed by atoms with Crippen LogP contribution >= 0.6 is 23.4 Å². The zero-order valence-electron chi connectivity index (χ0n) is 17.0. The van der Waals surface area contributed by atoms with Gasteiger partial charge in [0.2, 0.25) is 0 Å². The lowest BCUT2D eigenvalue weighted by atomic mass is 9.96. The van der Waals surface area contributed by atoms with Gasteiger partial charge in [-0.3, -0.25) is 14.4 Å². The number of nitrogens with zero attached hydrogens (tertiary/aromatic N) is 2. The van der Waals surface area contributed by atoms with E-state index in [1.54, 1.807) is 0 Å². The van der Waals surface area contributed by atoms with Crippen molar-refractivity contribution in [1.29, 1.82) is 0 Å². The van der Waals surface area contributed by atoms with Crippen molar-refractivity contribution in [3.8, 4) is 0 Å². The average Bonchev–Trinajstić information content (AvgIpc) is 3.08. The number of halogens is 1. The van der Waals surface area contributed by atoms with Gasteiger partial charge in [0.15, 0.2) is 0 Å². The minimum atomic E-state index is -3.67. The van der Waals surface area contributed by atoms with Crippen molar-refractivity contribution in [1.82, 2.24) is 9.80 Å². The first kappa shape index (κ1) is 22.1. The Labute approximate surface area is 188 Å². The largest absolute Gasteiger partial charge is 0.298 e. The predicted molar refractivity (Wildman–Crippen MR) is 122 cm³/mol. The Bertz CT molecular complexity index is 1010. The lowest BCUT2D eigenvalue weighted by Crippen LogP contribution is -2.51. The lowest BCUT2D eigenvalue weighted by Gasteiger charge is -2.42. The van der Waals surface area contributed by atoms with E-state index in [9.17, 15) is 8.42 Å². The summed E-state index contributed by atoms with van der Waals surface area (Å²) in [5.74, 6) is 0. The van der Waals surface area contributed by atoms with Crippen molar-refractivity contribution < 1.29 is 13.0 Å². The molecule has 30 heavy (non-hydrogen) atoms. The first-order valence-corrected chi connectivity index (χ1v) is 13.3. The topological polar surface area (TPSA) is 60.9 Å². The summed E-state index contributed by atoms with van der Waals surface area (Å²) in [5, 5.41) is 0.856. The second-order valence-corrected chi connectivity index (χ2v) is 11.2. The summed E-state index contributed by atoms with van der Waals surface area (Å²) in [7, 11) is -3.67. The molecule has 0 spiro atoms. The third-order valence-electron chi connectivity index (χ3n) is 6.00. The van der Waals surface area contributed by atoms with Crippen LogP contribution in [0.4, 0.5) is 0 Å². The van der Waals surface area contributed by atoms with Crippen LogP contribution in [-0.2, 0) is 16.5 Å². The molecule has 2 fully saturated rings. The highest BCUT2D eigenvalue weighted by Gasteiger charge is 2.35. The molecule has 3 heterocycles. The maximum Gasteiger partial charge on any atom is 0.261 e. The maximum atomic E-state index is 9.19. The summed E-state index contributed by atoms with van der Waals surface area (Å²) in [5.41, 5.74) is 2.89.